The topological polar surface area (TPSA) is 66.8 Å². The molecule has 3 aliphatic rings. The number of carbonyl (C=O) groups is 2. The summed E-state index contributed by atoms with van der Waals surface area (Å²) in [5, 5.41) is 9.21. The summed E-state index contributed by atoms with van der Waals surface area (Å²) in [7, 11) is 0. The highest BCUT2D eigenvalue weighted by Crippen LogP contribution is 2.51. The Labute approximate surface area is 157 Å². The van der Waals surface area contributed by atoms with E-state index in [-0.39, 0.29) is 29.8 Å². The Morgan fingerprint density at radius 1 is 1.00 bits per heavy atom. The molecule has 2 aliphatic carbocycles. The van der Waals surface area contributed by atoms with E-state index >= 15 is 0 Å². The number of carbonyl (C=O) groups excluding carboxylic acids is 1. The van der Waals surface area contributed by atoms with E-state index in [9.17, 15) is 14.7 Å². The fourth-order valence-electron chi connectivity index (χ4n) is 4.96. The number of hydrogen-bond acceptors (Lipinski definition) is 3. The molecule has 1 saturated heterocycles. The number of hydrogen-bond donors (Lipinski definition) is 1. The van der Waals surface area contributed by atoms with Crippen molar-refractivity contribution in [3.05, 3.63) is 59.7 Å². The van der Waals surface area contributed by atoms with Crippen LogP contribution in [-0.2, 0) is 9.53 Å². The summed E-state index contributed by atoms with van der Waals surface area (Å²) in [5.41, 5.74) is 4.80. The molecule has 1 N–H and O–H groups in total. The smallest absolute Gasteiger partial charge is 0.409 e. The third-order valence-electron chi connectivity index (χ3n) is 6.37. The van der Waals surface area contributed by atoms with Crippen LogP contribution in [0.5, 0.6) is 0 Å². The maximum Gasteiger partial charge on any atom is 0.409 e. The minimum absolute atomic E-state index is 0.0478. The lowest BCUT2D eigenvalue weighted by Crippen LogP contribution is -2.38. The van der Waals surface area contributed by atoms with Gasteiger partial charge in [-0.3, -0.25) is 4.79 Å². The zero-order valence-electron chi connectivity index (χ0n) is 14.9. The van der Waals surface area contributed by atoms with Gasteiger partial charge in [0, 0.05) is 19.0 Å². The number of carboxylic acid groups (broad SMARTS) is 1. The van der Waals surface area contributed by atoms with Crippen molar-refractivity contribution in [1.82, 2.24) is 4.90 Å². The first-order valence-electron chi connectivity index (χ1n) is 9.48. The minimum Gasteiger partial charge on any atom is -0.481 e. The van der Waals surface area contributed by atoms with E-state index in [4.69, 9.17) is 4.74 Å². The second-order valence-electron chi connectivity index (χ2n) is 7.73. The van der Waals surface area contributed by atoms with Crippen molar-refractivity contribution < 1.29 is 19.4 Å². The molecule has 5 nitrogen and oxygen atoms in total. The van der Waals surface area contributed by atoms with Gasteiger partial charge >= 0.3 is 12.1 Å². The highest BCUT2D eigenvalue weighted by atomic mass is 16.6. The summed E-state index contributed by atoms with van der Waals surface area (Å²) in [6.07, 6.45) is 0.428. The lowest BCUT2D eigenvalue weighted by molar-refractivity contribution is -0.139. The fraction of sp³-hybridized carbons (Fsp3) is 0.364. The van der Waals surface area contributed by atoms with Gasteiger partial charge in [0.15, 0.2) is 0 Å². The number of nitrogens with zero attached hydrogens (tertiary/aromatic N) is 1. The lowest BCUT2D eigenvalue weighted by Gasteiger charge is -2.26. The van der Waals surface area contributed by atoms with Crippen LogP contribution < -0.4 is 0 Å². The molecule has 1 saturated carbocycles. The normalized spacial score (nSPS) is 25.3. The van der Waals surface area contributed by atoms with Crippen LogP contribution in [0.4, 0.5) is 4.79 Å². The summed E-state index contributed by atoms with van der Waals surface area (Å²) in [5.74, 6) is -0.640. The van der Waals surface area contributed by atoms with Gasteiger partial charge in [0.25, 0.3) is 0 Å². The molecular weight excluding hydrogens is 342 g/mol. The SMILES string of the molecule is O=C(O)C1[C@H]2CN(C(=O)OCC3c4ccccc4-c4ccccc43)CC[C@@H]12. The molecule has 1 aliphatic heterocycles. The van der Waals surface area contributed by atoms with Crippen LogP contribution in [0.15, 0.2) is 48.5 Å². The number of likely N-dealkylation sites (tertiary alicyclic amines) is 1. The maximum absolute atomic E-state index is 12.6. The molecule has 3 atom stereocenters. The summed E-state index contributed by atoms with van der Waals surface area (Å²) in [4.78, 5) is 25.5. The monoisotopic (exact) mass is 363 g/mol. The number of carboxylic acids is 1. The second kappa shape index (κ2) is 6.12. The molecule has 2 aromatic rings. The van der Waals surface area contributed by atoms with E-state index < -0.39 is 5.97 Å². The van der Waals surface area contributed by atoms with E-state index in [1.54, 1.807) is 4.90 Å². The third kappa shape index (κ3) is 2.60. The van der Waals surface area contributed by atoms with Crippen molar-refractivity contribution in [3.8, 4) is 11.1 Å². The van der Waals surface area contributed by atoms with Gasteiger partial charge in [-0.2, -0.15) is 0 Å². The molecule has 0 spiro atoms. The summed E-state index contributed by atoms with van der Waals surface area (Å²) in [6.45, 7) is 1.39. The Hall–Kier alpha value is -2.82. The van der Waals surface area contributed by atoms with E-state index in [1.165, 1.54) is 22.3 Å². The molecule has 138 valence electrons. The largest absolute Gasteiger partial charge is 0.481 e. The average molecular weight is 363 g/mol. The van der Waals surface area contributed by atoms with Gasteiger partial charge in [-0.1, -0.05) is 48.5 Å². The summed E-state index contributed by atoms with van der Waals surface area (Å²) < 4.78 is 5.68. The highest BCUT2D eigenvalue weighted by molar-refractivity contribution is 5.79. The molecule has 2 aromatic carbocycles. The number of benzene rings is 2. The first kappa shape index (κ1) is 16.4. The predicted octanol–water partition coefficient (Wildman–Crippen LogP) is 3.59. The van der Waals surface area contributed by atoms with E-state index in [0.717, 1.165) is 6.42 Å². The van der Waals surface area contributed by atoms with Gasteiger partial charge in [0.05, 0.1) is 5.92 Å². The van der Waals surface area contributed by atoms with Crippen molar-refractivity contribution >= 4 is 12.1 Å². The van der Waals surface area contributed by atoms with Crippen LogP contribution in [0.3, 0.4) is 0 Å². The molecular formula is C22H21NO4. The number of rotatable bonds is 3. The van der Waals surface area contributed by atoms with Gasteiger partial charge in [0.1, 0.15) is 6.61 Å². The van der Waals surface area contributed by atoms with Gasteiger partial charge in [-0.15, -0.1) is 0 Å². The number of fused-ring (bicyclic) bond motifs is 4. The number of aliphatic carboxylic acids is 1. The fourth-order valence-corrected chi connectivity index (χ4v) is 4.96. The minimum atomic E-state index is -0.737. The third-order valence-corrected chi connectivity index (χ3v) is 6.37. The van der Waals surface area contributed by atoms with Crippen molar-refractivity contribution in [3.63, 3.8) is 0 Å². The van der Waals surface area contributed by atoms with Crippen molar-refractivity contribution in [2.24, 2.45) is 17.8 Å². The number of piperidine rings is 1. The molecule has 1 unspecified atom stereocenters. The molecule has 5 heteroatoms. The second-order valence-corrected chi connectivity index (χ2v) is 7.73. The molecule has 27 heavy (non-hydrogen) atoms. The van der Waals surface area contributed by atoms with E-state index in [2.05, 4.69) is 24.3 Å². The highest BCUT2D eigenvalue weighted by Gasteiger charge is 2.57. The van der Waals surface area contributed by atoms with Crippen molar-refractivity contribution in [2.45, 2.75) is 12.3 Å². The molecule has 2 fully saturated rings. The molecule has 1 amide bonds. The van der Waals surface area contributed by atoms with Crippen LogP contribution in [-0.4, -0.2) is 41.8 Å². The zero-order chi connectivity index (χ0) is 18.5. The Balaban J connectivity index is 1.28. The van der Waals surface area contributed by atoms with E-state index in [1.807, 2.05) is 24.3 Å². The van der Waals surface area contributed by atoms with E-state index in [0.29, 0.717) is 19.7 Å². The first-order valence-corrected chi connectivity index (χ1v) is 9.48. The van der Waals surface area contributed by atoms with Gasteiger partial charge in [0.2, 0.25) is 0 Å². The first-order chi connectivity index (χ1) is 13.1. The van der Waals surface area contributed by atoms with Crippen LogP contribution in [0.25, 0.3) is 11.1 Å². The lowest BCUT2D eigenvalue weighted by atomic mass is 9.98. The number of amides is 1. The Bertz CT molecular complexity index is 879. The molecule has 1 heterocycles. The Morgan fingerprint density at radius 3 is 2.26 bits per heavy atom. The van der Waals surface area contributed by atoms with Crippen LogP contribution in [0.2, 0.25) is 0 Å². The number of ether oxygens (including phenoxy) is 1. The molecule has 0 bridgehead atoms. The van der Waals surface area contributed by atoms with Gasteiger partial charge in [-0.05, 0) is 40.5 Å². The van der Waals surface area contributed by atoms with Crippen molar-refractivity contribution in [1.29, 1.82) is 0 Å². The average Bonchev–Trinajstić information content (AvgIpc) is 3.34. The Kier molecular flexibility index (Phi) is 3.71. The molecule has 0 radical (unpaired) electrons. The molecule has 0 aromatic heterocycles. The molecule has 5 rings (SSSR count). The van der Waals surface area contributed by atoms with Gasteiger partial charge in [-0.25, -0.2) is 4.79 Å². The van der Waals surface area contributed by atoms with Crippen LogP contribution >= 0.6 is 0 Å². The standard InChI is InChI=1S/C22H21NO4/c24-21(25)20-17-9-10-23(11-18(17)20)22(26)27-12-19-15-7-3-1-5-13(15)14-6-2-4-8-16(14)19/h1-8,17-20H,9-12H2,(H,24,25)/t17-,18+,20?/m1/s1. The quantitative estimate of drug-likeness (QED) is 0.905. The maximum atomic E-state index is 12.6. The summed E-state index contributed by atoms with van der Waals surface area (Å²) in [6, 6.07) is 16.5. The predicted molar refractivity (Wildman–Crippen MR) is 99.4 cm³/mol. The van der Waals surface area contributed by atoms with Gasteiger partial charge < -0.3 is 14.7 Å². The summed E-state index contributed by atoms with van der Waals surface area (Å²) >= 11 is 0. The Morgan fingerprint density at radius 2 is 1.63 bits per heavy atom. The zero-order valence-corrected chi connectivity index (χ0v) is 14.9. The van der Waals surface area contributed by atoms with Crippen molar-refractivity contribution in [2.75, 3.05) is 19.7 Å². The van der Waals surface area contributed by atoms with Crippen LogP contribution in [0.1, 0.15) is 23.5 Å². The van der Waals surface area contributed by atoms with Crippen LogP contribution in [0, 0.1) is 17.8 Å².